The molecule has 0 fully saturated rings. The Hall–Kier alpha value is -1.15. The number of aliphatic hydroxyl groups excluding tert-OH is 1. The van der Waals surface area contributed by atoms with E-state index in [0.717, 1.165) is 27.2 Å². The monoisotopic (exact) mass is 444 g/mol. The van der Waals surface area contributed by atoms with E-state index in [1.165, 1.54) is 12.1 Å². The van der Waals surface area contributed by atoms with Crippen LogP contribution >= 0.6 is 0 Å². The summed E-state index contributed by atoms with van der Waals surface area (Å²) >= 11 is -1.04. The van der Waals surface area contributed by atoms with E-state index < -0.39 is 17.1 Å². The van der Waals surface area contributed by atoms with Gasteiger partial charge >= 0.3 is 43.7 Å². The van der Waals surface area contributed by atoms with Gasteiger partial charge in [0, 0.05) is 6.61 Å². The molecule has 7 heteroatoms. The zero-order chi connectivity index (χ0) is 20.8. The van der Waals surface area contributed by atoms with Crippen LogP contribution in [0.3, 0.4) is 0 Å². The summed E-state index contributed by atoms with van der Waals surface area (Å²) in [6.07, 6.45) is 3.43. The zero-order valence-electron chi connectivity index (χ0n) is 16.0. The molecule has 0 radical (unpaired) electrons. The van der Waals surface area contributed by atoms with Crippen molar-refractivity contribution in [1.82, 2.24) is 0 Å². The molecule has 1 atom stereocenters. The fraction of sp³-hybridized carbons (Fsp3) is 0.227. The van der Waals surface area contributed by atoms with Crippen LogP contribution < -0.4 is 0 Å². The Morgan fingerprint density at radius 2 is 1.76 bits per heavy atom. The molecule has 0 aliphatic heterocycles. The van der Waals surface area contributed by atoms with E-state index in [0.29, 0.717) is 11.1 Å². The Kier molecular flexibility index (Phi) is 10.6. The third kappa shape index (κ3) is 6.67. The number of hydrogen-bond donors (Lipinski definition) is 2. The van der Waals surface area contributed by atoms with Gasteiger partial charge in [-0.2, -0.15) is 0 Å². The maximum absolute atomic E-state index is 13.7. The van der Waals surface area contributed by atoms with E-state index in [1.807, 2.05) is 25.1 Å². The Morgan fingerprint density at radius 3 is 2.28 bits per heavy atom. The molecule has 0 spiro atoms. The van der Waals surface area contributed by atoms with E-state index in [9.17, 15) is 13.7 Å². The number of aliphatic carboxylic acids is 1. The molecule has 3 rings (SSSR count). The van der Waals surface area contributed by atoms with Gasteiger partial charge in [0.25, 0.3) is 0 Å². The number of rotatable bonds is 4. The number of allylic oxidation sites excluding steroid dienone is 2. The summed E-state index contributed by atoms with van der Waals surface area (Å²) < 4.78 is 25.1. The summed E-state index contributed by atoms with van der Waals surface area (Å²) in [6, 6.07) is 11.8. The number of fused-ring (bicyclic) bond motifs is 1. The fourth-order valence-electron chi connectivity index (χ4n) is 3.05. The second kappa shape index (κ2) is 11.9. The van der Waals surface area contributed by atoms with Gasteiger partial charge in [0.1, 0.15) is 12.1 Å². The second-order valence-corrected chi connectivity index (χ2v) is 7.64. The van der Waals surface area contributed by atoms with Crippen molar-refractivity contribution in [1.29, 1.82) is 0 Å². The molecule has 0 bridgehead atoms. The van der Waals surface area contributed by atoms with Crippen LogP contribution in [0.25, 0.3) is 17.2 Å². The van der Waals surface area contributed by atoms with Gasteiger partial charge in [-0.1, -0.05) is 6.07 Å². The van der Waals surface area contributed by atoms with Gasteiger partial charge in [0.2, 0.25) is 0 Å². The molecule has 29 heavy (non-hydrogen) atoms. The number of carboxylic acids is 1. The van der Waals surface area contributed by atoms with Crippen LogP contribution in [-0.2, 0) is 16.0 Å². The Balaban J connectivity index is 0.000000990. The quantitative estimate of drug-likeness (QED) is 0.559. The Labute approximate surface area is 203 Å². The molecule has 152 valence electrons. The number of benzene rings is 2. The number of carbonyl (C=O) groups is 1. The number of hydrogen-bond acceptors (Lipinski definition) is 3. The maximum atomic E-state index is 13.7. The van der Waals surface area contributed by atoms with Gasteiger partial charge in [0.05, 0.1) is 6.42 Å². The van der Waals surface area contributed by atoms with Crippen molar-refractivity contribution in [2.75, 3.05) is 12.9 Å². The molecule has 2 aromatic rings. The van der Waals surface area contributed by atoms with Crippen molar-refractivity contribution >= 4 is 72.1 Å². The summed E-state index contributed by atoms with van der Waals surface area (Å²) in [5.74, 6) is -1.33. The summed E-state index contributed by atoms with van der Waals surface area (Å²) in [7, 11) is 0. The first-order chi connectivity index (χ1) is 13.3. The minimum absolute atomic E-state index is 0. The van der Waals surface area contributed by atoms with Gasteiger partial charge in [-0.15, -0.1) is 0 Å². The van der Waals surface area contributed by atoms with Gasteiger partial charge in [-0.25, -0.2) is 4.39 Å². The summed E-state index contributed by atoms with van der Waals surface area (Å²) in [5.41, 5.74) is 4.74. The standard InChI is InChI=1S/C20H17FO3S.C2H6O.Ca.2H/c1-12-17(9-13-3-6-15(7-4-13)25(2)24)16-8-5-14(21)10-19(16)18(12)11-20(22)23;1-2-3;;;/h3-10H,11H2,1-2H3,(H,22,23);3H,2H2,1H3;;;/t25-;;;;/m0..../s1. The van der Waals surface area contributed by atoms with Crippen LogP contribution in [0.2, 0.25) is 0 Å². The molecule has 1 aliphatic carbocycles. The van der Waals surface area contributed by atoms with Gasteiger partial charge in [-0.3, -0.25) is 4.79 Å². The van der Waals surface area contributed by atoms with Crippen molar-refractivity contribution in [3.05, 3.63) is 70.5 Å². The molecule has 0 amide bonds. The topological polar surface area (TPSA) is 80.6 Å². The molecule has 0 unspecified atom stereocenters. The van der Waals surface area contributed by atoms with Crippen molar-refractivity contribution < 1.29 is 24.0 Å². The van der Waals surface area contributed by atoms with E-state index >= 15 is 0 Å². The predicted octanol–water partition coefficient (Wildman–Crippen LogP) is 3.45. The molecule has 2 aromatic carbocycles. The number of aliphatic hydroxyl groups is 1. The Bertz CT molecular complexity index is 921. The van der Waals surface area contributed by atoms with E-state index in [-0.39, 0.29) is 56.6 Å². The first kappa shape index (κ1) is 25.9. The average Bonchev–Trinajstić information content (AvgIpc) is 2.87. The predicted molar refractivity (Wildman–Crippen MR) is 119 cm³/mol. The molecular weight excluding hydrogens is 419 g/mol. The normalized spacial score (nSPS) is 14.6. The molecule has 0 saturated carbocycles. The zero-order valence-corrected chi connectivity index (χ0v) is 16.8. The number of carboxylic acid groups (broad SMARTS) is 1. The van der Waals surface area contributed by atoms with Crippen molar-refractivity contribution in [3.63, 3.8) is 0 Å². The van der Waals surface area contributed by atoms with Gasteiger partial charge in [0.15, 0.2) is 4.90 Å². The SMILES string of the molecule is CC1=C(CC(=O)O)c2cc(F)ccc2C1=Cc1ccc([S@+](C)[O-])cc1.CCO.[CaH2]. The van der Waals surface area contributed by atoms with Gasteiger partial charge < -0.3 is 14.8 Å². The minimum atomic E-state index is -1.04. The molecule has 1 aliphatic rings. The van der Waals surface area contributed by atoms with E-state index in [2.05, 4.69) is 0 Å². The first-order valence-corrected chi connectivity index (χ1v) is 10.3. The van der Waals surface area contributed by atoms with Crippen molar-refractivity contribution in [3.8, 4) is 0 Å². The van der Waals surface area contributed by atoms with Crippen molar-refractivity contribution in [2.45, 2.75) is 25.2 Å². The summed E-state index contributed by atoms with van der Waals surface area (Å²) in [4.78, 5) is 11.9. The molecule has 0 aromatic heterocycles. The van der Waals surface area contributed by atoms with Crippen LogP contribution in [0.5, 0.6) is 0 Å². The van der Waals surface area contributed by atoms with Crippen LogP contribution in [0.4, 0.5) is 4.39 Å². The second-order valence-electron chi connectivity index (χ2n) is 6.26. The Morgan fingerprint density at radius 1 is 1.17 bits per heavy atom. The number of halogens is 1. The first-order valence-electron chi connectivity index (χ1n) is 8.76. The van der Waals surface area contributed by atoms with Crippen molar-refractivity contribution in [2.24, 2.45) is 0 Å². The van der Waals surface area contributed by atoms with E-state index in [4.69, 9.17) is 10.2 Å². The molecule has 0 saturated heterocycles. The summed E-state index contributed by atoms with van der Waals surface area (Å²) in [6.45, 7) is 3.79. The molecular formula is C22H25CaFO4S. The van der Waals surface area contributed by atoms with Crippen LogP contribution in [-0.4, -0.2) is 71.3 Å². The third-order valence-electron chi connectivity index (χ3n) is 4.30. The van der Waals surface area contributed by atoms with Crippen LogP contribution in [0, 0.1) is 5.82 Å². The fourth-order valence-corrected chi connectivity index (χ4v) is 3.57. The molecule has 2 N–H and O–H groups in total. The van der Waals surface area contributed by atoms with Crippen LogP contribution in [0.15, 0.2) is 52.9 Å². The van der Waals surface area contributed by atoms with Gasteiger partial charge in [-0.05, 0) is 101 Å². The average molecular weight is 445 g/mol. The van der Waals surface area contributed by atoms with E-state index in [1.54, 1.807) is 31.4 Å². The third-order valence-corrected chi connectivity index (χ3v) is 5.24. The molecule has 0 heterocycles. The molecule has 4 nitrogen and oxygen atoms in total. The van der Waals surface area contributed by atoms with Crippen LogP contribution in [0.1, 0.15) is 37.0 Å². The summed E-state index contributed by atoms with van der Waals surface area (Å²) in [5, 5.41) is 16.7.